The van der Waals surface area contributed by atoms with Crippen molar-refractivity contribution in [3.8, 4) is 0 Å². The summed E-state index contributed by atoms with van der Waals surface area (Å²) in [5.74, 6) is -1.28. The molecule has 2 N–H and O–H groups in total. The van der Waals surface area contributed by atoms with Crippen molar-refractivity contribution < 1.29 is 35.5 Å². The van der Waals surface area contributed by atoms with Crippen molar-refractivity contribution in [3.05, 3.63) is 0 Å². The molecule has 13 heteroatoms. The van der Waals surface area contributed by atoms with Gasteiger partial charge in [0.2, 0.25) is 11.8 Å². The molecule has 0 saturated heterocycles. The SMILES string of the molecule is CCC(CCS(=O)(=O)[O-])NC(C)=O.CCC(CCS(=O)(=O)[O-])NC(C)=O.[Mg+2]. The van der Waals surface area contributed by atoms with Crippen LogP contribution in [0, 0.1) is 0 Å². The molecule has 2 unspecified atom stereocenters. The van der Waals surface area contributed by atoms with Crippen LogP contribution in [0.4, 0.5) is 0 Å². The van der Waals surface area contributed by atoms with Gasteiger partial charge in [0.1, 0.15) is 0 Å². The van der Waals surface area contributed by atoms with Gasteiger partial charge in [0.25, 0.3) is 0 Å². The molecule has 0 aliphatic heterocycles. The van der Waals surface area contributed by atoms with E-state index in [0.29, 0.717) is 12.8 Å². The molecule has 0 saturated carbocycles. The van der Waals surface area contributed by atoms with Crippen molar-refractivity contribution in [1.29, 1.82) is 0 Å². The van der Waals surface area contributed by atoms with Gasteiger partial charge in [-0.15, -0.1) is 0 Å². The van der Waals surface area contributed by atoms with E-state index in [1.807, 2.05) is 13.8 Å². The fraction of sp³-hybridized carbons (Fsp3) is 0.857. The zero-order valence-electron chi connectivity index (χ0n) is 16.2. The standard InChI is InChI=1S/2C7H15NO4S.Mg/c2*1-3-7(8-6(2)9)4-5-13(10,11)12;/h2*7H,3-5H2,1-2H3,(H,8,9)(H,10,11,12);/q;;+2/p-2. The summed E-state index contributed by atoms with van der Waals surface area (Å²) in [6.45, 7) is 6.35. The van der Waals surface area contributed by atoms with Gasteiger partial charge in [-0.3, -0.25) is 9.59 Å². The number of rotatable bonds is 10. The first kappa shape index (κ1) is 31.2. The van der Waals surface area contributed by atoms with E-state index in [2.05, 4.69) is 10.6 Å². The van der Waals surface area contributed by atoms with Crippen molar-refractivity contribution in [2.45, 2.75) is 65.5 Å². The van der Waals surface area contributed by atoms with E-state index < -0.39 is 31.7 Å². The average Bonchev–Trinajstić information content (AvgIpc) is 2.46. The van der Waals surface area contributed by atoms with Gasteiger partial charge < -0.3 is 19.7 Å². The predicted molar refractivity (Wildman–Crippen MR) is 99.9 cm³/mol. The molecule has 27 heavy (non-hydrogen) atoms. The number of amides is 2. The van der Waals surface area contributed by atoms with Gasteiger partial charge in [0.15, 0.2) is 0 Å². The fourth-order valence-electron chi connectivity index (χ4n) is 1.90. The van der Waals surface area contributed by atoms with Crippen LogP contribution in [0.15, 0.2) is 0 Å². The van der Waals surface area contributed by atoms with Crippen LogP contribution in [-0.4, -0.2) is 84.4 Å². The molecule has 0 radical (unpaired) electrons. The maximum atomic E-state index is 10.6. The summed E-state index contributed by atoms with van der Waals surface area (Å²) in [7, 11) is -8.33. The molecule has 0 rings (SSSR count). The van der Waals surface area contributed by atoms with Crippen LogP contribution in [-0.2, 0) is 29.8 Å². The van der Waals surface area contributed by atoms with Crippen LogP contribution in [0.3, 0.4) is 0 Å². The largest absolute Gasteiger partial charge is 2.00 e. The molecule has 0 aliphatic carbocycles. The van der Waals surface area contributed by atoms with Crippen LogP contribution >= 0.6 is 0 Å². The zero-order chi connectivity index (χ0) is 21.0. The Balaban J connectivity index is -0.000000411. The van der Waals surface area contributed by atoms with Gasteiger partial charge in [-0.25, -0.2) is 16.8 Å². The number of carbonyl (C=O) groups is 2. The van der Waals surface area contributed by atoms with E-state index in [9.17, 15) is 35.5 Å². The summed E-state index contributed by atoms with van der Waals surface area (Å²) in [6.07, 6.45) is 1.61. The Kier molecular flexibility index (Phi) is 17.9. The van der Waals surface area contributed by atoms with Crippen molar-refractivity contribution in [3.63, 3.8) is 0 Å². The van der Waals surface area contributed by atoms with Gasteiger partial charge in [-0.2, -0.15) is 0 Å². The Hall–Kier alpha value is -0.474. The van der Waals surface area contributed by atoms with Crippen LogP contribution in [0.2, 0.25) is 0 Å². The predicted octanol–water partition coefficient (Wildman–Crippen LogP) is -0.708. The van der Waals surface area contributed by atoms with E-state index >= 15 is 0 Å². The average molecular weight is 441 g/mol. The molecular formula is C14H28MgN2O8S2. The summed E-state index contributed by atoms with van der Waals surface area (Å²) < 4.78 is 61.6. The van der Waals surface area contributed by atoms with Crippen molar-refractivity contribution in [1.82, 2.24) is 10.6 Å². The third kappa shape index (κ3) is 25.5. The van der Waals surface area contributed by atoms with Gasteiger partial charge >= 0.3 is 23.1 Å². The minimum atomic E-state index is -4.17. The molecule has 0 aromatic heterocycles. The van der Waals surface area contributed by atoms with Gasteiger partial charge in [-0.1, -0.05) is 13.8 Å². The summed E-state index contributed by atoms with van der Waals surface area (Å²) in [5, 5.41) is 5.12. The van der Waals surface area contributed by atoms with Crippen LogP contribution in [0.5, 0.6) is 0 Å². The Morgan fingerprint density at radius 1 is 0.778 bits per heavy atom. The summed E-state index contributed by atoms with van der Waals surface area (Å²) >= 11 is 0. The van der Waals surface area contributed by atoms with Crippen LogP contribution in [0.25, 0.3) is 0 Å². The summed E-state index contributed by atoms with van der Waals surface area (Å²) in [6, 6.07) is -0.442. The number of hydrogen-bond donors (Lipinski definition) is 2. The number of nitrogens with one attached hydrogen (secondary N) is 2. The second kappa shape index (κ2) is 15.4. The maximum absolute atomic E-state index is 10.6. The molecule has 156 valence electrons. The maximum Gasteiger partial charge on any atom is 2.00 e. The van der Waals surface area contributed by atoms with Crippen molar-refractivity contribution in [2.24, 2.45) is 0 Å². The molecule has 0 spiro atoms. The molecule has 0 aromatic rings. The molecule has 0 bridgehead atoms. The Morgan fingerprint density at radius 3 is 1.19 bits per heavy atom. The monoisotopic (exact) mass is 440 g/mol. The minimum absolute atomic E-state index is 0. The first-order chi connectivity index (χ1) is 11.7. The molecule has 2 atom stereocenters. The molecule has 0 aliphatic rings. The molecule has 2 amide bonds. The minimum Gasteiger partial charge on any atom is -0.748 e. The fourth-order valence-corrected chi connectivity index (χ4v) is 3.05. The number of carbonyl (C=O) groups excluding carboxylic acids is 2. The summed E-state index contributed by atoms with van der Waals surface area (Å²) in [5.41, 5.74) is 0. The molecule has 0 fully saturated rings. The molecule has 0 aromatic carbocycles. The van der Waals surface area contributed by atoms with Gasteiger partial charge in [0.05, 0.1) is 20.2 Å². The second-order valence-electron chi connectivity index (χ2n) is 5.71. The second-order valence-corrected chi connectivity index (χ2v) is 8.76. The molecule has 10 nitrogen and oxygen atoms in total. The van der Waals surface area contributed by atoms with Crippen molar-refractivity contribution >= 4 is 55.1 Å². The Bertz CT molecular complexity index is 582. The summed E-state index contributed by atoms with van der Waals surface area (Å²) in [4.78, 5) is 21.2. The first-order valence-electron chi connectivity index (χ1n) is 8.11. The Morgan fingerprint density at radius 2 is 1.04 bits per heavy atom. The smallest absolute Gasteiger partial charge is 0.748 e. The van der Waals surface area contributed by atoms with E-state index in [1.165, 1.54) is 13.8 Å². The normalized spacial score (nSPS) is 13.3. The number of hydrogen-bond acceptors (Lipinski definition) is 8. The van der Waals surface area contributed by atoms with Crippen LogP contribution < -0.4 is 10.6 Å². The van der Waals surface area contributed by atoms with Crippen molar-refractivity contribution in [2.75, 3.05) is 11.5 Å². The van der Waals surface area contributed by atoms with E-state index in [0.717, 1.165) is 0 Å². The van der Waals surface area contributed by atoms with E-state index in [-0.39, 0.29) is 59.8 Å². The quantitative estimate of drug-likeness (QED) is 0.331. The van der Waals surface area contributed by atoms with Crippen LogP contribution in [0.1, 0.15) is 53.4 Å². The van der Waals surface area contributed by atoms with E-state index in [4.69, 9.17) is 0 Å². The van der Waals surface area contributed by atoms with Gasteiger partial charge in [-0.05, 0) is 25.7 Å². The third-order valence-electron chi connectivity index (χ3n) is 3.23. The first-order valence-corrected chi connectivity index (χ1v) is 11.3. The Labute approximate surface area is 177 Å². The third-order valence-corrected chi connectivity index (χ3v) is 4.70. The topological polar surface area (TPSA) is 173 Å². The van der Waals surface area contributed by atoms with E-state index in [1.54, 1.807) is 0 Å². The zero-order valence-corrected chi connectivity index (χ0v) is 19.2. The van der Waals surface area contributed by atoms with Gasteiger partial charge in [0, 0.05) is 37.4 Å². The molecular weight excluding hydrogens is 413 g/mol. The molecule has 0 heterocycles.